The molecule has 112 valence electrons. The lowest BCUT2D eigenvalue weighted by Gasteiger charge is -2.27. The molecule has 1 aromatic rings. The monoisotopic (exact) mass is 279 g/mol. The van der Waals surface area contributed by atoms with Crippen LogP contribution in [0, 0.1) is 0 Å². The number of nitrogens with one attached hydrogen (secondary N) is 2. The molecule has 0 unspecified atom stereocenters. The minimum absolute atomic E-state index is 0.154. The number of anilines is 1. The standard InChI is InChI=1S/C15H25N3O2/c1-11(2)14-17-12(9-13(19)18-14)16-10-15(20)7-5-3-4-6-8-15/h9,11,20H,3-8,10H2,1-2H3,(H2,16,17,18,19). The zero-order chi connectivity index (χ0) is 14.6. The average Bonchev–Trinajstić information content (AvgIpc) is 2.61. The van der Waals surface area contributed by atoms with Crippen molar-refractivity contribution in [2.75, 3.05) is 11.9 Å². The zero-order valence-corrected chi connectivity index (χ0v) is 12.4. The Morgan fingerprint density at radius 3 is 2.60 bits per heavy atom. The van der Waals surface area contributed by atoms with Gasteiger partial charge in [0.25, 0.3) is 5.56 Å². The topological polar surface area (TPSA) is 78.0 Å². The number of aromatic amines is 1. The molecule has 5 nitrogen and oxygen atoms in total. The van der Waals surface area contributed by atoms with E-state index in [1.807, 2.05) is 13.8 Å². The van der Waals surface area contributed by atoms with Gasteiger partial charge in [0.2, 0.25) is 0 Å². The Hall–Kier alpha value is -1.36. The van der Waals surface area contributed by atoms with Crippen LogP contribution in [0.4, 0.5) is 5.82 Å². The molecule has 1 fully saturated rings. The molecule has 0 radical (unpaired) electrons. The Bertz CT molecular complexity index is 488. The number of aromatic nitrogens is 2. The van der Waals surface area contributed by atoms with Gasteiger partial charge in [0.15, 0.2) is 0 Å². The predicted octanol–water partition coefficient (Wildman–Crippen LogP) is 2.39. The third-order valence-corrected chi connectivity index (χ3v) is 3.94. The Morgan fingerprint density at radius 2 is 2.00 bits per heavy atom. The molecule has 1 aliphatic rings. The van der Waals surface area contributed by atoms with Gasteiger partial charge in [-0.1, -0.05) is 39.5 Å². The molecule has 1 aromatic heterocycles. The van der Waals surface area contributed by atoms with E-state index in [1.54, 1.807) is 0 Å². The van der Waals surface area contributed by atoms with Crippen molar-refractivity contribution in [3.63, 3.8) is 0 Å². The van der Waals surface area contributed by atoms with Gasteiger partial charge >= 0.3 is 0 Å². The number of H-pyrrole nitrogens is 1. The molecule has 5 heteroatoms. The maximum atomic E-state index is 11.6. The molecule has 0 spiro atoms. The van der Waals surface area contributed by atoms with Crippen LogP contribution in [0.15, 0.2) is 10.9 Å². The first-order chi connectivity index (χ1) is 9.48. The van der Waals surface area contributed by atoms with Crippen molar-refractivity contribution < 1.29 is 5.11 Å². The first kappa shape index (κ1) is 15.0. The second-order valence-corrected chi connectivity index (χ2v) is 6.16. The summed E-state index contributed by atoms with van der Waals surface area (Å²) in [5, 5.41) is 13.7. The summed E-state index contributed by atoms with van der Waals surface area (Å²) < 4.78 is 0. The van der Waals surface area contributed by atoms with E-state index in [2.05, 4.69) is 15.3 Å². The molecule has 0 aromatic carbocycles. The summed E-state index contributed by atoms with van der Waals surface area (Å²) in [4.78, 5) is 18.7. The Balaban J connectivity index is 2.04. The van der Waals surface area contributed by atoms with E-state index in [0.717, 1.165) is 25.7 Å². The fourth-order valence-electron chi connectivity index (χ4n) is 2.66. The van der Waals surface area contributed by atoms with Gasteiger partial charge in [0.05, 0.1) is 5.60 Å². The molecule has 0 aliphatic heterocycles. The Morgan fingerprint density at radius 1 is 1.35 bits per heavy atom. The second-order valence-electron chi connectivity index (χ2n) is 6.16. The van der Waals surface area contributed by atoms with Crippen molar-refractivity contribution in [1.29, 1.82) is 0 Å². The molecule has 1 aliphatic carbocycles. The lowest BCUT2D eigenvalue weighted by atomic mass is 9.94. The van der Waals surface area contributed by atoms with Gasteiger partial charge in [0, 0.05) is 18.5 Å². The highest BCUT2D eigenvalue weighted by Gasteiger charge is 2.27. The summed E-state index contributed by atoms with van der Waals surface area (Å²) in [6, 6.07) is 1.45. The van der Waals surface area contributed by atoms with Crippen molar-refractivity contribution in [2.45, 2.75) is 63.9 Å². The van der Waals surface area contributed by atoms with Gasteiger partial charge in [-0.3, -0.25) is 4.79 Å². The van der Waals surface area contributed by atoms with E-state index < -0.39 is 5.60 Å². The van der Waals surface area contributed by atoms with Crippen molar-refractivity contribution in [1.82, 2.24) is 9.97 Å². The van der Waals surface area contributed by atoms with Gasteiger partial charge in [-0.05, 0) is 12.8 Å². The molecule has 1 heterocycles. The van der Waals surface area contributed by atoms with Crippen LogP contribution in [-0.2, 0) is 0 Å². The van der Waals surface area contributed by atoms with Crippen LogP contribution in [0.2, 0.25) is 0 Å². The summed E-state index contributed by atoms with van der Waals surface area (Å²) in [7, 11) is 0. The predicted molar refractivity (Wildman–Crippen MR) is 80.1 cm³/mol. The van der Waals surface area contributed by atoms with Crippen LogP contribution < -0.4 is 10.9 Å². The third kappa shape index (κ3) is 4.07. The van der Waals surface area contributed by atoms with Crippen molar-refractivity contribution in [2.24, 2.45) is 0 Å². The molecule has 0 saturated heterocycles. The van der Waals surface area contributed by atoms with Crippen molar-refractivity contribution in [3.05, 3.63) is 22.2 Å². The van der Waals surface area contributed by atoms with Gasteiger partial charge in [0.1, 0.15) is 11.6 Å². The molecule has 3 N–H and O–H groups in total. The molecule has 0 amide bonds. The van der Waals surface area contributed by atoms with Crippen LogP contribution in [0.3, 0.4) is 0 Å². The van der Waals surface area contributed by atoms with Crippen LogP contribution in [-0.4, -0.2) is 27.2 Å². The lowest BCUT2D eigenvalue weighted by molar-refractivity contribution is 0.0380. The van der Waals surface area contributed by atoms with Gasteiger partial charge in [-0.2, -0.15) is 0 Å². The van der Waals surface area contributed by atoms with Gasteiger partial charge in [-0.15, -0.1) is 0 Å². The van der Waals surface area contributed by atoms with Crippen LogP contribution in [0.5, 0.6) is 0 Å². The summed E-state index contributed by atoms with van der Waals surface area (Å²) in [6.07, 6.45) is 6.17. The second kappa shape index (κ2) is 6.39. The minimum Gasteiger partial charge on any atom is -0.388 e. The SMILES string of the molecule is CC(C)c1nc(NCC2(O)CCCCCC2)cc(=O)[nH]1. The summed E-state index contributed by atoms with van der Waals surface area (Å²) in [6.45, 7) is 4.43. The normalized spacial score (nSPS) is 18.8. The van der Waals surface area contributed by atoms with E-state index >= 15 is 0 Å². The molecule has 2 rings (SSSR count). The molecule has 20 heavy (non-hydrogen) atoms. The molecule has 0 bridgehead atoms. The van der Waals surface area contributed by atoms with Crippen LogP contribution in [0.25, 0.3) is 0 Å². The van der Waals surface area contributed by atoms with Crippen LogP contribution in [0.1, 0.15) is 64.1 Å². The number of nitrogens with zero attached hydrogens (tertiary/aromatic N) is 1. The Labute approximate surface area is 119 Å². The highest BCUT2D eigenvalue weighted by Crippen LogP contribution is 2.27. The minimum atomic E-state index is -0.668. The fraction of sp³-hybridized carbons (Fsp3) is 0.733. The number of hydrogen-bond donors (Lipinski definition) is 3. The highest BCUT2D eigenvalue weighted by molar-refractivity contribution is 5.34. The number of hydrogen-bond acceptors (Lipinski definition) is 4. The van der Waals surface area contributed by atoms with Crippen molar-refractivity contribution in [3.8, 4) is 0 Å². The van der Waals surface area contributed by atoms with E-state index in [0.29, 0.717) is 18.2 Å². The van der Waals surface area contributed by atoms with Gasteiger partial charge in [-0.25, -0.2) is 4.98 Å². The Kier molecular flexibility index (Phi) is 4.81. The maximum Gasteiger partial charge on any atom is 0.252 e. The largest absolute Gasteiger partial charge is 0.388 e. The number of aliphatic hydroxyl groups is 1. The average molecular weight is 279 g/mol. The number of rotatable bonds is 4. The molecule has 0 atom stereocenters. The van der Waals surface area contributed by atoms with Crippen LogP contribution >= 0.6 is 0 Å². The van der Waals surface area contributed by atoms with E-state index in [4.69, 9.17) is 0 Å². The molecular weight excluding hydrogens is 254 g/mol. The third-order valence-electron chi connectivity index (χ3n) is 3.94. The summed E-state index contributed by atoms with van der Waals surface area (Å²) >= 11 is 0. The van der Waals surface area contributed by atoms with E-state index in [1.165, 1.54) is 18.9 Å². The molecule has 1 saturated carbocycles. The van der Waals surface area contributed by atoms with E-state index in [9.17, 15) is 9.90 Å². The van der Waals surface area contributed by atoms with Crippen molar-refractivity contribution >= 4 is 5.82 Å². The first-order valence-corrected chi connectivity index (χ1v) is 7.56. The smallest absolute Gasteiger partial charge is 0.252 e. The summed E-state index contributed by atoms with van der Waals surface area (Å²) in [5.41, 5.74) is -0.822. The summed E-state index contributed by atoms with van der Waals surface area (Å²) in [5.74, 6) is 1.40. The molecular formula is C15H25N3O2. The zero-order valence-electron chi connectivity index (χ0n) is 12.4. The lowest BCUT2D eigenvalue weighted by Crippen LogP contribution is -2.36. The van der Waals surface area contributed by atoms with Gasteiger partial charge < -0.3 is 15.4 Å². The fourth-order valence-corrected chi connectivity index (χ4v) is 2.66. The highest BCUT2D eigenvalue weighted by atomic mass is 16.3. The maximum absolute atomic E-state index is 11.6. The quantitative estimate of drug-likeness (QED) is 0.739. The first-order valence-electron chi connectivity index (χ1n) is 7.56. The van der Waals surface area contributed by atoms with E-state index in [-0.39, 0.29) is 11.5 Å².